The summed E-state index contributed by atoms with van der Waals surface area (Å²) in [6.07, 6.45) is 4.43. The third-order valence-corrected chi connectivity index (χ3v) is 3.47. The highest BCUT2D eigenvalue weighted by atomic mass is 16.5. The van der Waals surface area contributed by atoms with Crippen LogP contribution in [0.4, 0.5) is 0 Å². The number of nitrogens with one attached hydrogen (secondary N) is 1. The lowest BCUT2D eigenvalue weighted by molar-refractivity contribution is 0.358. The lowest BCUT2D eigenvalue weighted by atomic mass is 10.0. The molecule has 0 spiro atoms. The van der Waals surface area contributed by atoms with Crippen LogP contribution in [0.25, 0.3) is 0 Å². The molecule has 0 saturated carbocycles. The molecule has 1 saturated heterocycles. The summed E-state index contributed by atoms with van der Waals surface area (Å²) in [7, 11) is 0. The van der Waals surface area contributed by atoms with Gasteiger partial charge in [0.1, 0.15) is 0 Å². The van der Waals surface area contributed by atoms with Crippen LogP contribution in [-0.2, 0) is 6.42 Å². The Morgan fingerprint density at radius 2 is 2.44 bits per heavy atom. The van der Waals surface area contributed by atoms with Gasteiger partial charge in [0, 0.05) is 12.3 Å². The zero-order valence-electron chi connectivity index (χ0n) is 10.2. The molecule has 1 aliphatic rings. The van der Waals surface area contributed by atoms with Gasteiger partial charge in [-0.05, 0) is 38.3 Å². The van der Waals surface area contributed by atoms with Gasteiger partial charge in [0.15, 0.2) is 5.82 Å². The SMILES string of the molecule is CCC(C)c1noc(CCC2CCNC2)n1. The van der Waals surface area contributed by atoms with Gasteiger partial charge < -0.3 is 9.84 Å². The first-order chi connectivity index (χ1) is 7.79. The summed E-state index contributed by atoms with van der Waals surface area (Å²) in [6, 6.07) is 0. The van der Waals surface area contributed by atoms with E-state index in [0.717, 1.165) is 50.0 Å². The summed E-state index contributed by atoms with van der Waals surface area (Å²) < 4.78 is 5.27. The molecule has 0 amide bonds. The molecule has 2 rings (SSSR count). The Hall–Kier alpha value is -0.900. The van der Waals surface area contributed by atoms with Crippen LogP contribution in [0.1, 0.15) is 50.7 Å². The van der Waals surface area contributed by atoms with Crippen molar-refractivity contribution >= 4 is 0 Å². The number of hydrogen-bond acceptors (Lipinski definition) is 4. The van der Waals surface area contributed by atoms with E-state index < -0.39 is 0 Å². The predicted molar refractivity (Wildman–Crippen MR) is 62.3 cm³/mol. The molecule has 1 aromatic heterocycles. The fourth-order valence-corrected chi connectivity index (χ4v) is 2.04. The average Bonchev–Trinajstić information content (AvgIpc) is 2.96. The van der Waals surface area contributed by atoms with Crippen LogP contribution in [-0.4, -0.2) is 23.2 Å². The minimum atomic E-state index is 0.408. The van der Waals surface area contributed by atoms with Gasteiger partial charge in [-0.2, -0.15) is 4.98 Å². The van der Waals surface area contributed by atoms with Gasteiger partial charge in [0.2, 0.25) is 5.89 Å². The molecule has 2 atom stereocenters. The molecule has 2 heterocycles. The second-order valence-electron chi connectivity index (χ2n) is 4.75. The van der Waals surface area contributed by atoms with E-state index in [2.05, 4.69) is 29.3 Å². The quantitative estimate of drug-likeness (QED) is 0.830. The second-order valence-corrected chi connectivity index (χ2v) is 4.75. The van der Waals surface area contributed by atoms with Gasteiger partial charge in [0.25, 0.3) is 0 Å². The van der Waals surface area contributed by atoms with Crippen molar-refractivity contribution in [2.75, 3.05) is 13.1 Å². The number of rotatable bonds is 5. The Bertz CT molecular complexity index is 318. The first-order valence-electron chi connectivity index (χ1n) is 6.32. The van der Waals surface area contributed by atoms with E-state index in [4.69, 9.17) is 4.52 Å². The fraction of sp³-hybridized carbons (Fsp3) is 0.833. The minimum Gasteiger partial charge on any atom is -0.339 e. The number of hydrogen-bond donors (Lipinski definition) is 1. The first kappa shape index (κ1) is 11.6. The molecule has 4 nitrogen and oxygen atoms in total. The molecule has 2 unspecified atom stereocenters. The maximum atomic E-state index is 5.27. The molecule has 0 aromatic carbocycles. The molecular formula is C12H21N3O. The maximum absolute atomic E-state index is 5.27. The molecule has 0 radical (unpaired) electrons. The Morgan fingerprint density at radius 3 is 3.12 bits per heavy atom. The van der Waals surface area contributed by atoms with Crippen molar-refractivity contribution in [2.45, 2.75) is 45.4 Å². The van der Waals surface area contributed by atoms with Crippen LogP contribution >= 0.6 is 0 Å². The van der Waals surface area contributed by atoms with Gasteiger partial charge in [-0.15, -0.1) is 0 Å². The predicted octanol–water partition coefficient (Wildman–Crippen LogP) is 2.13. The third kappa shape index (κ3) is 2.82. The highest BCUT2D eigenvalue weighted by molar-refractivity contribution is 4.93. The van der Waals surface area contributed by atoms with E-state index >= 15 is 0 Å². The summed E-state index contributed by atoms with van der Waals surface area (Å²) in [4.78, 5) is 4.44. The highest BCUT2D eigenvalue weighted by Crippen LogP contribution is 2.18. The zero-order chi connectivity index (χ0) is 11.4. The summed E-state index contributed by atoms with van der Waals surface area (Å²) in [5.74, 6) is 2.87. The van der Waals surface area contributed by atoms with Crippen LogP contribution in [0.3, 0.4) is 0 Å². The molecular weight excluding hydrogens is 202 g/mol. The van der Waals surface area contributed by atoms with Gasteiger partial charge in [-0.25, -0.2) is 0 Å². The van der Waals surface area contributed by atoms with E-state index in [-0.39, 0.29) is 0 Å². The highest BCUT2D eigenvalue weighted by Gasteiger charge is 2.17. The van der Waals surface area contributed by atoms with Gasteiger partial charge >= 0.3 is 0 Å². The van der Waals surface area contributed by atoms with Crippen LogP contribution in [0, 0.1) is 5.92 Å². The molecule has 16 heavy (non-hydrogen) atoms. The Balaban J connectivity index is 1.82. The van der Waals surface area contributed by atoms with Crippen molar-refractivity contribution in [3.63, 3.8) is 0 Å². The molecule has 90 valence electrons. The van der Waals surface area contributed by atoms with Gasteiger partial charge in [0.05, 0.1) is 0 Å². The summed E-state index contributed by atoms with van der Waals surface area (Å²) in [5.41, 5.74) is 0. The summed E-state index contributed by atoms with van der Waals surface area (Å²) in [6.45, 7) is 6.58. The second kappa shape index (κ2) is 5.43. The monoisotopic (exact) mass is 223 g/mol. The number of nitrogens with zero attached hydrogens (tertiary/aromatic N) is 2. The van der Waals surface area contributed by atoms with Crippen molar-refractivity contribution in [1.82, 2.24) is 15.5 Å². The minimum absolute atomic E-state index is 0.408. The van der Waals surface area contributed by atoms with Crippen molar-refractivity contribution in [1.29, 1.82) is 0 Å². The van der Waals surface area contributed by atoms with Crippen molar-refractivity contribution < 1.29 is 4.52 Å². The van der Waals surface area contributed by atoms with Gasteiger partial charge in [-0.3, -0.25) is 0 Å². The Labute approximate surface area is 96.8 Å². The molecule has 4 heteroatoms. The fourth-order valence-electron chi connectivity index (χ4n) is 2.04. The lowest BCUT2D eigenvalue weighted by Crippen LogP contribution is -2.09. The lowest BCUT2D eigenvalue weighted by Gasteiger charge is -2.04. The molecule has 1 fully saturated rings. The molecule has 0 bridgehead atoms. The molecule has 1 N–H and O–H groups in total. The standard InChI is InChI=1S/C12H21N3O/c1-3-9(2)12-14-11(16-15-12)5-4-10-6-7-13-8-10/h9-10,13H,3-8H2,1-2H3. The zero-order valence-corrected chi connectivity index (χ0v) is 10.2. The van der Waals surface area contributed by atoms with Crippen LogP contribution in [0.2, 0.25) is 0 Å². The van der Waals surface area contributed by atoms with Crippen LogP contribution < -0.4 is 5.32 Å². The number of aryl methyl sites for hydroxylation is 1. The maximum Gasteiger partial charge on any atom is 0.226 e. The molecule has 1 aliphatic heterocycles. The van der Waals surface area contributed by atoms with E-state index in [1.54, 1.807) is 0 Å². The van der Waals surface area contributed by atoms with E-state index in [1.807, 2.05) is 0 Å². The van der Waals surface area contributed by atoms with Crippen molar-refractivity contribution in [2.24, 2.45) is 5.92 Å². The topological polar surface area (TPSA) is 51.0 Å². The first-order valence-corrected chi connectivity index (χ1v) is 6.32. The summed E-state index contributed by atoms with van der Waals surface area (Å²) >= 11 is 0. The van der Waals surface area contributed by atoms with Gasteiger partial charge in [-0.1, -0.05) is 19.0 Å². The smallest absolute Gasteiger partial charge is 0.226 e. The Kier molecular flexibility index (Phi) is 3.93. The number of aromatic nitrogens is 2. The average molecular weight is 223 g/mol. The van der Waals surface area contributed by atoms with Crippen molar-refractivity contribution in [3.05, 3.63) is 11.7 Å². The van der Waals surface area contributed by atoms with E-state index in [0.29, 0.717) is 5.92 Å². The van der Waals surface area contributed by atoms with Crippen LogP contribution in [0.15, 0.2) is 4.52 Å². The third-order valence-electron chi connectivity index (χ3n) is 3.47. The Morgan fingerprint density at radius 1 is 1.56 bits per heavy atom. The molecule has 1 aromatic rings. The van der Waals surface area contributed by atoms with Crippen molar-refractivity contribution in [3.8, 4) is 0 Å². The van der Waals surface area contributed by atoms with E-state index in [9.17, 15) is 0 Å². The largest absolute Gasteiger partial charge is 0.339 e. The normalized spacial score (nSPS) is 22.5. The summed E-state index contributed by atoms with van der Waals surface area (Å²) in [5, 5.41) is 7.40. The van der Waals surface area contributed by atoms with Crippen LogP contribution in [0.5, 0.6) is 0 Å². The molecule has 0 aliphatic carbocycles. The van der Waals surface area contributed by atoms with E-state index in [1.165, 1.54) is 6.42 Å².